The van der Waals surface area contributed by atoms with Crippen molar-refractivity contribution in [2.24, 2.45) is 35.5 Å². The van der Waals surface area contributed by atoms with Crippen LogP contribution in [-0.2, 0) is 19.1 Å². The number of aliphatic hydroxyl groups is 2. The van der Waals surface area contributed by atoms with Crippen molar-refractivity contribution in [1.82, 2.24) is 9.80 Å². The highest BCUT2D eigenvalue weighted by molar-refractivity contribution is 5.78. The van der Waals surface area contributed by atoms with E-state index in [0.717, 1.165) is 38.8 Å². The van der Waals surface area contributed by atoms with E-state index in [4.69, 9.17) is 9.47 Å². The van der Waals surface area contributed by atoms with Crippen LogP contribution >= 0.6 is 0 Å². The Bertz CT molecular complexity index is 665. The molecular weight excluding hydrogens is 412 g/mol. The molecule has 0 aromatic carbocycles. The van der Waals surface area contributed by atoms with Crippen molar-refractivity contribution in [3.8, 4) is 0 Å². The van der Waals surface area contributed by atoms with Gasteiger partial charge >= 0.3 is 0 Å². The molecule has 2 saturated heterocycles. The number of ether oxygens (including phenoxy) is 2. The van der Waals surface area contributed by atoms with E-state index in [1.165, 1.54) is 12.8 Å². The Hall–Kier alpha value is -1.22. The smallest absolute Gasteiger partial charge is 0.248 e. The molecule has 2 heterocycles. The molecule has 10 atom stereocenters. The van der Waals surface area contributed by atoms with E-state index in [1.807, 2.05) is 9.80 Å². The lowest BCUT2D eigenvalue weighted by Gasteiger charge is -2.42. The first-order valence-corrected chi connectivity index (χ1v) is 12.3. The zero-order chi connectivity index (χ0) is 22.6. The molecule has 2 N–H and O–H groups in total. The van der Waals surface area contributed by atoms with Crippen LogP contribution in [0, 0.1) is 35.5 Å². The van der Waals surface area contributed by atoms with Crippen molar-refractivity contribution in [3.05, 3.63) is 0 Å². The van der Waals surface area contributed by atoms with E-state index in [1.54, 1.807) is 14.2 Å². The number of hydrogen-bond donors (Lipinski definition) is 2. The van der Waals surface area contributed by atoms with Gasteiger partial charge in [-0.2, -0.15) is 0 Å². The van der Waals surface area contributed by atoms with Crippen LogP contribution in [0.2, 0.25) is 0 Å². The topological polar surface area (TPSA) is 99.5 Å². The lowest BCUT2D eigenvalue weighted by atomic mass is 9.78. The molecule has 0 spiro atoms. The SMILES string of the molecule is COCC(=O)N1C[C@@H]2C[C@H]3C[C@@H](C2)[C@H](O)C31.COCC(=O)N1C[C@@H]2C[C@H]3C[C@@H](C2)[C@H](O)C31. The second kappa shape index (κ2) is 8.85. The first-order valence-electron chi connectivity index (χ1n) is 12.3. The van der Waals surface area contributed by atoms with Gasteiger partial charge in [0.2, 0.25) is 11.8 Å². The number of nitrogens with zero attached hydrogens (tertiary/aromatic N) is 2. The lowest BCUT2D eigenvalue weighted by molar-refractivity contribution is -0.143. The van der Waals surface area contributed by atoms with Gasteiger partial charge in [-0.05, 0) is 74.0 Å². The fourth-order valence-electron chi connectivity index (χ4n) is 8.22. The summed E-state index contributed by atoms with van der Waals surface area (Å²) in [5.74, 6) is 3.26. The first kappa shape index (κ1) is 22.6. The predicted octanol–water partition coefficient (Wildman–Crippen LogP) is 0.501. The molecule has 4 saturated carbocycles. The van der Waals surface area contributed by atoms with Gasteiger partial charge in [-0.3, -0.25) is 9.59 Å². The minimum atomic E-state index is -0.293. The highest BCUT2D eigenvalue weighted by atomic mass is 16.5. The molecule has 6 rings (SSSR count). The number of hydrogen-bond acceptors (Lipinski definition) is 6. The summed E-state index contributed by atoms with van der Waals surface area (Å²) >= 11 is 0. The Kier molecular flexibility index (Phi) is 6.24. The van der Waals surface area contributed by atoms with E-state index >= 15 is 0 Å². The maximum Gasteiger partial charge on any atom is 0.248 e. The van der Waals surface area contributed by atoms with Gasteiger partial charge in [0.25, 0.3) is 0 Å². The summed E-state index contributed by atoms with van der Waals surface area (Å²) in [4.78, 5) is 27.7. The number of amides is 2. The number of rotatable bonds is 4. The van der Waals surface area contributed by atoms with Crippen LogP contribution in [0.1, 0.15) is 38.5 Å². The Morgan fingerprint density at radius 1 is 0.688 bits per heavy atom. The molecule has 2 aliphatic heterocycles. The van der Waals surface area contributed by atoms with Gasteiger partial charge in [-0.15, -0.1) is 0 Å². The molecule has 2 amide bonds. The van der Waals surface area contributed by atoms with Gasteiger partial charge in [0.15, 0.2) is 0 Å². The van der Waals surface area contributed by atoms with Gasteiger partial charge in [-0.1, -0.05) is 0 Å². The Balaban J connectivity index is 0.000000135. The first-order chi connectivity index (χ1) is 15.4. The van der Waals surface area contributed by atoms with E-state index in [-0.39, 0.29) is 49.3 Å². The van der Waals surface area contributed by atoms with Crippen molar-refractivity contribution in [1.29, 1.82) is 0 Å². The summed E-state index contributed by atoms with van der Waals surface area (Å²) in [5.41, 5.74) is 0. The third-order valence-corrected chi connectivity index (χ3v) is 9.19. The van der Waals surface area contributed by atoms with Gasteiger partial charge in [0, 0.05) is 27.3 Å². The highest BCUT2D eigenvalue weighted by Crippen LogP contribution is 2.51. The molecule has 0 aromatic rings. The van der Waals surface area contributed by atoms with E-state index in [2.05, 4.69) is 0 Å². The average molecular weight is 451 g/mol. The summed E-state index contributed by atoms with van der Waals surface area (Å²) in [6.45, 7) is 1.95. The van der Waals surface area contributed by atoms with Crippen molar-refractivity contribution >= 4 is 11.8 Å². The number of aliphatic hydroxyl groups excluding tert-OH is 2. The van der Waals surface area contributed by atoms with Gasteiger partial charge < -0.3 is 29.5 Å². The molecule has 8 nitrogen and oxygen atoms in total. The van der Waals surface area contributed by atoms with E-state index in [9.17, 15) is 19.8 Å². The van der Waals surface area contributed by atoms with Crippen LogP contribution in [0.15, 0.2) is 0 Å². The molecule has 0 radical (unpaired) electrons. The molecule has 2 unspecified atom stereocenters. The second-order valence-corrected chi connectivity index (χ2v) is 11.1. The number of carbonyl (C=O) groups excluding carboxylic acids is 2. The Morgan fingerprint density at radius 2 is 1.06 bits per heavy atom. The molecule has 8 heteroatoms. The molecular formula is C24H38N2O6. The van der Waals surface area contributed by atoms with Crippen LogP contribution < -0.4 is 0 Å². The number of methoxy groups -OCH3 is 2. The normalized spacial score (nSPS) is 45.1. The molecule has 4 aliphatic carbocycles. The van der Waals surface area contributed by atoms with Gasteiger partial charge in [0.05, 0.1) is 24.3 Å². The van der Waals surface area contributed by atoms with Crippen LogP contribution in [-0.4, -0.2) is 96.6 Å². The molecule has 32 heavy (non-hydrogen) atoms. The number of fused-ring (bicyclic) bond motifs is 4. The summed E-state index contributed by atoms with van der Waals surface area (Å²) < 4.78 is 9.83. The van der Waals surface area contributed by atoms with E-state index < -0.39 is 0 Å². The maximum atomic E-state index is 11.9. The van der Waals surface area contributed by atoms with Gasteiger partial charge in [0.1, 0.15) is 13.2 Å². The van der Waals surface area contributed by atoms with Crippen LogP contribution in [0.5, 0.6) is 0 Å². The van der Waals surface area contributed by atoms with Crippen molar-refractivity contribution < 1.29 is 29.3 Å². The highest BCUT2D eigenvalue weighted by Gasteiger charge is 2.55. The summed E-state index contributed by atoms with van der Waals surface area (Å²) in [7, 11) is 3.09. The third kappa shape index (κ3) is 3.77. The van der Waals surface area contributed by atoms with Crippen molar-refractivity contribution in [2.75, 3.05) is 40.5 Å². The van der Waals surface area contributed by atoms with Crippen molar-refractivity contribution in [2.45, 2.75) is 62.8 Å². The maximum absolute atomic E-state index is 11.9. The monoisotopic (exact) mass is 450 g/mol. The number of piperidine rings is 2. The summed E-state index contributed by atoms with van der Waals surface area (Å²) in [6, 6.07) is 0.151. The lowest BCUT2D eigenvalue weighted by Crippen LogP contribution is -2.53. The standard InChI is InChI=1S/2C12H19NO3/c2*1-16-6-10(14)13-5-7-2-8-4-9(3-7)12(15)11(8)13/h2*7-9,11-12,15H,2-6H2,1H3/t2*7-,8+,9-,11?,12+/m11/s1. The number of likely N-dealkylation sites (tertiary alicyclic amines) is 2. The minimum absolute atomic E-state index is 0.0452. The molecule has 0 aromatic heterocycles. The zero-order valence-corrected chi connectivity index (χ0v) is 19.3. The average Bonchev–Trinajstić information content (AvgIpc) is 3.03. The summed E-state index contributed by atoms with van der Waals surface area (Å²) in [5, 5.41) is 20.5. The molecule has 180 valence electrons. The summed E-state index contributed by atoms with van der Waals surface area (Å²) in [6.07, 6.45) is 6.24. The van der Waals surface area contributed by atoms with Crippen LogP contribution in [0.4, 0.5) is 0 Å². The quantitative estimate of drug-likeness (QED) is 0.647. The van der Waals surface area contributed by atoms with Crippen molar-refractivity contribution in [3.63, 3.8) is 0 Å². The van der Waals surface area contributed by atoms with E-state index in [0.29, 0.717) is 35.5 Å². The zero-order valence-electron chi connectivity index (χ0n) is 19.3. The molecule has 6 fully saturated rings. The third-order valence-electron chi connectivity index (χ3n) is 9.19. The Morgan fingerprint density at radius 3 is 1.44 bits per heavy atom. The molecule has 6 bridgehead atoms. The fourth-order valence-corrected chi connectivity index (χ4v) is 8.22. The van der Waals surface area contributed by atoms with Crippen LogP contribution in [0.25, 0.3) is 0 Å². The minimum Gasteiger partial charge on any atom is -0.391 e. The Labute approximate surface area is 190 Å². The second-order valence-electron chi connectivity index (χ2n) is 11.1. The largest absolute Gasteiger partial charge is 0.391 e. The molecule has 6 aliphatic rings. The number of carbonyl (C=O) groups is 2. The van der Waals surface area contributed by atoms with Gasteiger partial charge in [-0.25, -0.2) is 0 Å². The van der Waals surface area contributed by atoms with Crippen LogP contribution in [0.3, 0.4) is 0 Å². The fraction of sp³-hybridized carbons (Fsp3) is 0.917. The predicted molar refractivity (Wildman–Crippen MR) is 115 cm³/mol.